The summed E-state index contributed by atoms with van der Waals surface area (Å²) in [6, 6.07) is 0. The molecule has 0 saturated carbocycles. The minimum Gasteiger partial charge on any atom is -0.394 e. The molecule has 3 N–H and O–H groups in total. The number of rotatable bonds is 1. The molecule has 1 heterocycles. The molecule has 4 heteroatoms. The van der Waals surface area contributed by atoms with Crippen LogP contribution >= 0.6 is 0 Å². The van der Waals surface area contributed by atoms with Crippen molar-refractivity contribution in [1.29, 1.82) is 0 Å². The summed E-state index contributed by atoms with van der Waals surface area (Å²) in [4.78, 5) is 0. The van der Waals surface area contributed by atoms with Gasteiger partial charge in [-0.15, -0.1) is 0 Å². The third kappa shape index (κ3) is 1.21. The van der Waals surface area contributed by atoms with E-state index in [0.29, 0.717) is 0 Å². The normalized spacial score (nSPS) is 37.7. The van der Waals surface area contributed by atoms with Crippen LogP contribution in [0.25, 0.3) is 0 Å². The van der Waals surface area contributed by atoms with Crippen molar-refractivity contribution in [2.75, 3.05) is 13.2 Å². The summed E-state index contributed by atoms with van der Waals surface area (Å²) in [5.41, 5.74) is 0. The maximum Gasteiger partial charge on any atom is 0.155 e. The zero-order valence-electron chi connectivity index (χ0n) is 4.82. The van der Waals surface area contributed by atoms with Gasteiger partial charge in [-0.1, -0.05) is 0 Å². The number of ether oxygens (including phenoxy) is 1. The van der Waals surface area contributed by atoms with Crippen LogP contribution in [0.4, 0.5) is 0 Å². The number of hydrogen-bond donors (Lipinski definition) is 3. The second-order valence-corrected chi connectivity index (χ2v) is 1.95. The lowest BCUT2D eigenvalue weighted by Gasteiger charge is -2.08. The van der Waals surface area contributed by atoms with Gasteiger partial charge in [-0.05, 0) is 0 Å². The van der Waals surface area contributed by atoms with Gasteiger partial charge < -0.3 is 20.1 Å². The minimum absolute atomic E-state index is 0.0804. The van der Waals surface area contributed by atoms with Crippen LogP contribution in [0.15, 0.2) is 0 Å². The molecule has 0 bridgehead atoms. The highest BCUT2D eigenvalue weighted by Crippen LogP contribution is 2.19. The Kier molecular flexibility index (Phi) is 2.02. The van der Waals surface area contributed by atoms with Gasteiger partial charge in [0.05, 0.1) is 13.2 Å². The molecule has 1 saturated heterocycles. The van der Waals surface area contributed by atoms with Gasteiger partial charge in [0.1, 0.15) is 12.2 Å². The smallest absolute Gasteiger partial charge is 0.155 e. The Morgan fingerprint density at radius 2 is 2.33 bits per heavy atom. The second-order valence-electron chi connectivity index (χ2n) is 1.95. The fourth-order valence-corrected chi connectivity index (χ4v) is 0.739. The van der Waals surface area contributed by atoms with E-state index in [1.807, 2.05) is 0 Å². The maximum atomic E-state index is 8.84. The molecule has 1 aliphatic heterocycles. The van der Waals surface area contributed by atoms with E-state index in [2.05, 4.69) is 0 Å². The van der Waals surface area contributed by atoms with E-state index in [1.165, 1.54) is 0 Å². The van der Waals surface area contributed by atoms with Gasteiger partial charge in [0, 0.05) is 0 Å². The van der Waals surface area contributed by atoms with E-state index < -0.39 is 12.2 Å². The van der Waals surface area contributed by atoms with Crippen LogP contribution in [0.3, 0.4) is 0 Å². The highest BCUT2D eigenvalue weighted by atomic mass is 16.5. The van der Waals surface area contributed by atoms with E-state index in [1.54, 1.807) is 0 Å². The van der Waals surface area contributed by atoms with E-state index in [0.717, 1.165) is 0 Å². The largest absolute Gasteiger partial charge is 0.394 e. The monoisotopic (exact) mass is 133 g/mol. The standard InChI is InChI=1S/C5H9O4/c6-1-4-5(8)3(7)2-9-4/h3-4,6-8H,1-2H2/t3-,4-/m1/s1. The molecule has 53 valence electrons. The first-order valence-electron chi connectivity index (χ1n) is 2.72. The van der Waals surface area contributed by atoms with E-state index >= 15 is 0 Å². The predicted molar refractivity (Wildman–Crippen MR) is 28.0 cm³/mol. The van der Waals surface area contributed by atoms with Crippen molar-refractivity contribution < 1.29 is 20.1 Å². The van der Waals surface area contributed by atoms with E-state index in [-0.39, 0.29) is 19.3 Å². The first-order valence-corrected chi connectivity index (χ1v) is 2.72. The lowest BCUT2D eigenvalue weighted by Crippen LogP contribution is -2.23. The molecule has 0 unspecified atom stereocenters. The molecule has 0 spiro atoms. The van der Waals surface area contributed by atoms with Crippen molar-refractivity contribution in [2.45, 2.75) is 12.2 Å². The highest BCUT2D eigenvalue weighted by molar-refractivity contribution is 4.98. The Labute approximate surface area is 52.7 Å². The van der Waals surface area contributed by atoms with Crippen LogP contribution in [0.1, 0.15) is 0 Å². The molecule has 0 aliphatic carbocycles. The summed E-state index contributed by atoms with van der Waals surface area (Å²) in [7, 11) is 0. The Balaban J connectivity index is 2.41. The van der Waals surface area contributed by atoms with E-state index in [4.69, 9.17) is 20.1 Å². The van der Waals surface area contributed by atoms with Crippen molar-refractivity contribution in [3.8, 4) is 0 Å². The number of aliphatic hydroxyl groups is 3. The van der Waals surface area contributed by atoms with Gasteiger partial charge in [0.2, 0.25) is 0 Å². The number of hydrogen-bond acceptors (Lipinski definition) is 4. The zero-order valence-corrected chi connectivity index (χ0v) is 4.82. The lowest BCUT2D eigenvalue weighted by atomic mass is 10.2. The molecule has 4 nitrogen and oxygen atoms in total. The average Bonchev–Trinajstić information content (AvgIpc) is 2.15. The Morgan fingerprint density at radius 3 is 2.56 bits per heavy atom. The molecule has 1 fully saturated rings. The van der Waals surface area contributed by atoms with Crippen LogP contribution in [-0.2, 0) is 4.74 Å². The van der Waals surface area contributed by atoms with Gasteiger partial charge in [0.15, 0.2) is 6.10 Å². The molecule has 1 radical (unpaired) electrons. The SMILES string of the molecule is OC[C@H]1OC[C@@H](O)[C]1O. The Hall–Kier alpha value is -0.160. The third-order valence-electron chi connectivity index (χ3n) is 1.29. The molecule has 9 heavy (non-hydrogen) atoms. The van der Waals surface area contributed by atoms with Gasteiger partial charge in [0.25, 0.3) is 0 Å². The van der Waals surface area contributed by atoms with Crippen LogP contribution in [-0.4, -0.2) is 40.7 Å². The predicted octanol–water partition coefficient (Wildman–Crippen LogP) is -1.36. The van der Waals surface area contributed by atoms with E-state index in [9.17, 15) is 0 Å². The first-order chi connectivity index (χ1) is 4.25. The highest BCUT2D eigenvalue weighted by Gasteiger charge is 2.34. The van der Waals surface area contributed by atoms with Gasteiger partial charge in [-0.2, -0.15) is 0 Å². The maximum absolute atomic E-state index is 8.84. The summed E-state index contributed by atoms with van der Waals surface area (Å²) in [5.74, 6) is 0. The van der Waals surface area contributed by atoms with Crippen LogP contribution in [0.5, 0.6) is 0 Å². The number of aliphatic hydroxyl groups excluding tert-OH is 3. The molecule has 1 aliphatic rings. The molecule has 2 atom stereocenters. The average molecular weight is 133 g/mol. The minimum atomic E-state index is -0.915. The Bertz CT molecular complexity index is 95.0. The molecular weight excluding hydrogens is 124 g/mol. The quantitative estimate of drug-likeness (QED) is 0.413. The molecule has 0 amide bonds. The summed E-state index contributed by atoms with van der Waals surface area (Å²) < 4.78 is 4.74. The van der Waals surface area contributed by atoms with Crippen molar-refractivity contribution in [3.05, 3.63) is 6.10 Å². The van der Waals surface area contributed by atoms with Gasteiger partial charge >= 0.3 is 0 Å². The summed E-state index contributed by atoms with van der Waals surface area (Å²) in [6.07, 6.45) is -1.76. The molecule has 0 aromatic carbocycles. The fourth-order valence-electron chi connectivity index (χ4n) is 0.739. The third-order valence-corrected chi connectivity index (χ3v) is 1.29. The fraction of sp³-hybridized carbons (Fsp3) is 0.800. The topological polar surface area (TPSA) is 69.9 Å². The van der Waals surface area contributed by atoms with Gasteiger partial charge in [-0.3, -0.25) is 0 Å². The summed E-state index contributed by atoms with van der Waals surface area (Å²) >= 11 is 0. The molecule has 0 aromatic heterocycles. The van der Waals surface area contributed by atoms with Crippen LogP contribution in [0.2, 0.25) is 0 Å². The lowest BCUT2D eigenvalue weighted by molar-refractivity contribution is 0.0399. The van der Waals surface area contributed by atoms with Crippen LogP contribution < -0.4 is 0 Å². The van der Waals surface area contributed by atoms with Crippen molar-refractivity contribution in [3.63, 3.8) is 0 Å². The zero-order chi connectivity index (χ0) is 6.85. The Morgan fingerprint density at radius 1 is 1.67 bits per heavy atom. The summed E-state index contributed by atoms with van der Waals surface area (Å²) in [5, 5.41) is 26.1. The van der Waals surface area contributed by atoms with Gasteiger partial charge in [-0.25, -0.2) is 0 Å². The van der Waals surface area contributed by atoms with Crippen LogP contribution in [0, 0.1) is 6.10 Å². The summed E-state index contributed by atoms with van der Waals surface area (Å²) in [6.45, 7) is -0.194. The van der Waals surface area contributed by atoms with Crippen molar-refractivity contribution in [2.24, 2.45) is 0 Å². The molecular formula is C5H9O4. The second kappa shape index (κ2) is 2.62. The first kappa shape index (κ1) is 6.95. The van der Waals surface area contributed by atoms with Crippen molar-refractivity contribution >= 4 is 0 Å². The van der Waals surface area contributed by atoms with Crippen molar-refractivity contribution in [1.82, 2.24) is 0 Å². The molecule has 1 rings (SSSR count). The molecule has 0 aromatic rings.